The number of carbonyl (C=O) groups is 2. The Labute approximate surface area is 280 Å². The molecule has 2 N–H and O–H groups in total. The standard InChI is InChI=1S/C38H40ClN3O5/c1-25(38(45)46)21-31-23-36(42(40-31)32-5-3-2-4-6-32)27-9-14-34(15-10-27)47-24-29-22-28(37(44)41-19-17-33(43)18-20-41)11-16-35(29)26-7-12-30(39)13-8-26/h7-16,21-23,32-33,43H,2-6,17-20,24H2,1H3,(H,45,46)/b25-21+. The van der Waals surface area contributed by atoms with Gasteiger partial charge in [-0.2, -0.15) is 5.10 Å². The molecule has 6 rings (SSSR count). The molecule has 0 spiro atoms. The van der Waals surface area contributed by atoms with Crippen LogP contribution in [-0.4, -0.2) is 56.0 Å². The average molecular weight is 654 g/mol. The van der Waals surface area contributed by atoms with Crippen molar-refractivity contribution in [2.24, 2.45) is 0 Å². The Bertz CT molecular complexity index is 1750. The number of aliphatic hydroxyl groups excluding tert-OH is 1. The van der Waals surface area contributed by atoms with Gasteiger partial charge >= 0.3 is 5.97 Å². The Balaban J connectivity index is 1.25. The largest absolute Gasteiger partial charge is 0.489 e. The number of hydrogen-bond donors (Lipinski definition) is 2. The van der Waals surface area contributed by atoms with E-state index in [2.05, 4.69) is 4.68 Å². The average Bonchev–Trinajstić information content (AvgIpc) is 3.52. The summed E-state index contributed by atoms with van der Waals surface area (Å²) in [6, 6.07) is 23.4. The van der Waals surface area contributed by atoms with Gasteiger partial charge in [0.05, 0.1) is 23.5 Å². The summed E-state index contributed by atoms with van der Waals surface area (Å²) in [5, 5.41) is 24.8. The smallest absolute Gasteiger partial charge is 0.331 e. The number of halogens is 1. The topological polar surface area (TPSA) is 105 Å². The van der Waals surface area contributed by atoms with Gasteiger partial charge < -0.3 is 19.8 Å². The van der Waals surface area contributed by atoms with E-state index in [-0.39, 0.29) is 30.2 Å². The van der Waals surface area contributed by atoms with Gasteiger partial charge in [-0.1, -0.05) is 49.1 Å². The van der Waals surface area contributed by atoms with E-state index in [1.807, 2.05) is 72.8 Å². The van der Waals surface area contributed by atoms with Gasteiger partial charge in [-0.05, 0) is 110 Å². The molecule has 3 aromatic carbocycles. The van der Waals surface area contributed by atoms with Gasteiger partial charge in [0.2, 0.25) is 0 Å². The van der Waals surface area contributed by atoms with Crippen molar-refractivity contribution >= 4 is 29.6 Å². The monoisotopic (exact) mass is 653 g/mol. The van der Waals surface area contributed by atoms with Crippen LogP contribution in [0.5, 0.6) is 5.75 Å². The summed E-state index contributed by atoms with van der Waals surface area (Å²) in [5.74, 6) is -0.323. The highest BCUT2D eigenvalue weighted by Gasteiger charge is 2.24. The summed E-state index contributed by atoms with van der Waals surface area (Å²) in [6.07, 6.45) is 8.07. The second-order valence-corrected chi connectivity index (χ2v) is 13.0. The number of carboxylic acid groups (broad SMARTS) is 1. The first-order valence-corrected chi connectivity index (χ1v) is 16.7. The highest BCUT2D eigenvalue weighted by molar-refractivity contribution is 6.30. The molecule has 1 aliphatic carbocycles. The van der Waals surface area contributed by atoms with Gasteiger partial charge in [-0.3, -0.25) is 9.48 Å². The van der Waals surface area contributed by atoms with E-state index in [0.717, 1.165) is 53.6 Å². The third-order valence-electron chi connectivity index (χ3n) is 9.18. The van der Waals surface area contributed by atoms with E-state index < -0.39 is 5.97 Å². The molecule has 244 valence electrons. The first kappa shape index (κ1) is 32.5. The van der Waals surface area contributed by atoms with Gasteiger partial charge in [0.1, 0.15) is 12.4 Å². The highest BCUT2D eigenvalue weighted by Crippen LogP contribution is 2.34. The van der Waals surface area contributed by atoms with Gasteiger partial charge in [0.25, 0.3) is 5.91 Å². The van der Waals surface area contributed by atoms with Crippen LogP contribution in [0.25, 0.3) is 28.5 Å². The molecule has 9 heteroatoms. The third-order valence-corrected chi connectivity index (χ3v) is 9.43. The van der Waals surface area contributed by atoms with Crippen LogP contribution in [0.3, 0.4) is 0 Å². The fourth-order valence-electron chi connectivity index (χ4n) is 6.48. The van der Waals surface area contributed by atoms with Crippen molar-refractivity contribution in [2.45, 2.75) is 70.6 Å². The number of benzene rings is 3. The fourth-order valence-corrected chi connectivity index (χ4v) is 6.60. The summed E-state index contributed by atoms with van der Waals surface area (Å²) in [5.41, 5.74) is 6.20. The molecule has 0 unspecified atom stereocenters. The zero-order valence-electron chi connectivity index (χ0n) is 26.6. The van der Waals surface area contributed by atoms with E-state index in [4.69, 9.17) is 21.4 Å². The fraction of sp³-hybridized carbons (Fsp3) is 0.342. The molecule has 4 aromatic rings. The molecule has 1 saturated carbocycles. The minimum Gasteiger partial charge on any atom is -0.489 e. The lowest BCUT2D eigenvalue weighted by molar-refractivity contribution is -0.132. The normalized spacial score (nSPS) is 16.3. The lowest BCUT2D eigenvalue weighted by atomic mass is 9.95. The molecular weight excluding hydrogens is 614 g/mol. The first-order valence-electron chi connectivity index (χ1n) is 16.4. The molecule has 1 aliphatic heterocycles. The van der Waals surface area contributed by atoms with E-state index in [1.165, 1.54) is 6.42 Å². The maximum absolute atomic E-state index is 13.4. The van der Waals surface area contributed by atoms with Crippen LogP contribution in [0.2, 0.25) is 5.02 Å². The summed E-state index contributed by atoms with van der Waals surface area (Å²) >= 11 is 6.17. The molecule has 8 nitrogen and oxygen atoms in total. The summed E-state index contributed by atoms with van der Waals surface area (Å²) in [4.78, 5) is 26.7. The van der Waals surface area contributed by atoms with E-state index in [0.29, 0.717) is 48.0 Å². The number of nitrogens with zero attached hydrogens (tertiary/aromatic N) is 3. The molecule has 2 heterocycles. The minimum atomic E-state index is -0.958. The third kappa shape index (κ3) is 7.77. The van der Waals surface area contributed by atoms with E-state index >= 15 is 0 Å². The van der Waals surface area contributed by atoms with Crippen molar-refractivity contribution < 1.29 is 24.5 Å². The zero-order valence-corrected chi connectivity index (χ0v) is 27.3. The Morgan fingerprint density at radius 3 is 2.28 bits per heavy atom. The zero-order chi connectivity index (χ0) is 32.9. The minimum absolute atomic E-state index is 0.0486. The molecule has 2 fully saturated rings. The van der Waals surface area contributed by atoms with Crippen LogP contribution in [0, 0.1) is 0 Å². The van der Waals surface area contributed by atoms with Crippen LogP contribution < -0.4 is 4.74 Å². The molecule has 0 atom stereocenters. The molecule has 0 bridgehead atoms. The number of aliphatic carboxylic acids is 1. The number of piperidine rings is 1. The Morgan fingerprint density at radius 1 is 0.915 bits per heavy atom. The van der Waals surface area contributed by atoms with Crippen molar-refractivity contribution in [2.75, 3.05) is 13.1 Å². The molecule has 1 aromatic heterocycles. The molecule has 47 heavy (non-hydrogen) atoms. The summed E-state index contributed by atoms with van der Waals surface area (Å²) < 4.78 is 8.38. The molecule has 2 aliphatic rings. The lowest BCUT2D eigenvalue weighted by Gasteiger charge is -2.29. The number of likely N-dealkylation sites (tertiary alicyclic amines) is 1. The number of ether oxygens (including phenoxy) is 1. The summed E-state index contributed by atoms with van der Waals surface area (Å²) in [6.45, 7) is 2.90. The van der Waals surface area contributed by atoms with Crippen molar-refractivity contribution in [1.82, 2.24) is 14.7 Å². The van der Waals surface area contributed by atoms with Gasteiger partial charge in [-0.15, -0.1) is 0 Å². The van der Waals surface area contributed by atoms with Crippen molar-refractivity contribution in [1.29, 1.82) is 0 Å². The SMILES string of the molecule is C/C(=C\c1cc(-c2ccc(OCc3cc(C(=O)N4CCC(O)CC4)ccc3-c3ccc(Cl)cc3)cc2)n(C2CCCCC2)n1)C(=O)O. The van der Waals surface area contributed by atoms with Crippen LogP contribution in [0.1, 0.15) is 79.5 Å². The lowest BCUT2D eigenvalue weighted by Crippen LogP contribution is -2.40. The Kier molecular flexibility index (Phi) is 10.1. The number of hydrogen-bond acceptors (Lipinski definition) is 5. The number of carbonyl (C=O) groups excluding carboxylic acids is 1. The molecular formula is C38H40ClN3O5. The Hall–Kier alpha value is -4.40. The van der Waals surface area contributed by atoms with Gasteiger partial charge in [0, 0.05) is 34.8 Å². The number of amides is 1. The van der Waals surface area contributed by atoms with Crippen LogP contribution in [0.4, 0.5) is 0 Å². The molecule has 0 radical (unpaired) electrons. The predicted octanol–water partition coefficient (Wildman–Crippen LogP) is 8.04. The Morgan fingerprint density at radius 2 is 1.60 bits per heavy atom. The maximum atomic E-state index is 13.4. The number of aliphatic hydroxyl groups is 1. The van der Waals surface area contributed by atoms with E-state index in [9.17, 15) is 19.8 Å². The van der Waals surface area contributed by atoms with Crippen molar-refractivity contribution in [3.63, 3.8) is 0 Å². The number of carboxylic acids is 1. The predicted molar refractivity (Wildman–Crippen MR) is 183 cm³/mol. The van der Waals surface area contributed by atoms with Crippen LogP contribution in [-0.2, 0) is 11.4 Å². The van der Waals surface area contributed by atoms with Gasteiger partial charge in [-0.25, -0.2) is 4.79 Å². The second-order valence-electron chi connectivity index (χ2n) is 12.5. The highest BCUT2D eigenvalue weighted by atomic mass is 35.5. The number of rotatable bonds is 9. The van der Waals surface area contributed by atoms with Crippen molar-refractivity contribution in [3.8, 4) is 28.1 Å². The van der Waals surface area contributed by atoms with E-state index in [1.54, 1.807) is 17.9 Å². The summed E-state index contributed by atoms with van der Waals surface area (Å²) in [7, 11) is 0. The molecule has 1 amide bonds. The van der Waals surface area contributed by atoms with Crippen LogP contribution >= 0.6 is 11.6 Å². The second kappa shape index (κ2) is 14.6. The van der Waals surface area contributed by atoms with Crippen molar-refractivity contribution in [3.05, 3.63) is 100 Å². The number of aromatic nitrogens is 2. The van der Waals surface area contributed by atoms with Crippen LogP contribution in [0.15, 0.2) is 78.4 Å². The maximum Gasteiger partial charge on any atom is 0.331 e. The first-order chi connectivity index (χ1) is 22.7. The molecule has 1 saturated heterocycles. The quantitative estimate of drug-likeness (QED) is 0.177. The van der Waals surface area contributed by atoms with Gasteiger partial charge in [0.15, 0.2) is 0 Å².